The van der Waals surface area contributed by atoms with Gasteiger partial charge in [0.15, 0.2) is 0 Å². The summed E-state index contributed by atoms with van der Waals surface area (Å²) in [4.78, 5) is 16.8. The van der Waals surface area contributed by atoms with E-state index in [0.29, 0.717) is 12.3 Å². The molecule has 6 nitrogen and oxygen atoms in total. The van der Waals surface area contributed by atoms with Gasteiger partial charge in [0.25, 0.3) is 0 Å². The Bertz CT molecular complexity index is 886. The van der Waals surface area contributed by atoms with Gasteiger partial charge in [-0.1, -0.05) is 13.3 Å². The lowest BCUT2D eigenvalue weighted by atomic mass is 9.98. The molecular weight excluding hydrogens is 356 g/mol. The summed E-state index contributed by atoms with van der Waals surface area (Å²) in [6.45, 7) is 11.5. The van der Waals surface area contributed by atoms with E-state index in [-0.39, 0.29) is 5.63 Å². The van der Waals surface area contributed by atoms with Crippen LogP contribution in [0.3, 0.4) is 0 Å². The topological polar surface area (TPSA) is 55.2 Å². The molecular formula is C22H30N2O4. The fourth-order valence-electron chi connectivity index (χ4n) is 4.29. The molecule has 0 unspecified atom stereocenters. The maximum atomic E-state index is 12.0. The third kappa shape index (κ3) is 4.09. The number of morpholine rings is 1. The molecule has 0 bridgehead atoms. The smallest absolute Gasteiger partial charge is 0.336 e. The molecule has 0 spiro atoms. The highest BCUT2D eigenvalue weighted by atomic mass is 16.5. The van der Waals surface area contributed by atoms with Crippen LogP contribution >= 0.6 is 0 Å². The van der Waals surface area contributed by atoms with Gasteiger partial charge in [-0.2, -0.15) is 0 Å². The second-order valence-electron chi connectivity index (χ2n) is 7.84. The minimum atomic E-state index is -0.278. The molecule has 2 aromatic rings. The van der Waals surface area contributed by atoms with E-state index < -0.39 is 0 Å². The zero-order valence-corrected chi connectivity index (χ0v) is 17.0. The van der Waals surface area contributed by atoms with Gasteiger partial charge in [0.05, 0.1) is 13.2 Å². The number of hydrogen-bond acceptors (Lipinski definition) is 6. The Hall–Kier alpha value is -1.89. The van der Waals surface area contributed by atoms with Gasteiger partial charge in [-0.05, 0) is 37.9 Å². The Morgan fingerprint density at radius 3 is 2.68 bits per heavy atom. The van der Waals surface area contributed by atoms with Crippen molar-refractivity contribution in [2.75, 3.05) is 46.1 Å². The number of ether oxygens (including phenoxy) is 2. The molecule has 0 radical (unpaired) electrons. The van der Waals surface area contributed by atoms with Gasteiger partial charge in [-0.3, -0.25) is 9.80 Å². The summed E-state index contributed by atoms with van der Waals surface area (Å²) >= 11 is 0. The third-order valence-corrected chi connectivity index (χ3v) is 5.73. The summed E-state index contributed by atoms with van der Waals surface area (Å²) in [5.74, 6) is 0.883. The van der Waals surface area contributed by atoms with E-state index in [2.05, 4.69) is 22.8 Å². The van der Waals surface area contributed by atoms with Crippen molar-refractivity contribution in [3.05, 3.63) is 39.2 Å². The minimum absolute atomic E-state index is 0.278. The van der Waals surface area contributed by atoms with Crippen LogP contribution in [-0.4, -0.2) is 55.9 Å². The van der Waals surface area contributed by atoms with Crippen molar-refractivity contribution < 1.29 is 13.9 Å². The molecule has 0 aliphatic carbocycles. The van der Waals surface area contributed by atoms with Crippen LogP contribution in [0.4, 0.5) is 0 Å². The largest absolute Gasteiger partial charge is 0.477 e. The predicted octanol–water partition coefficient (Wildman–Crippen LogP) is 2.93. The van der Waals surface area contributed by atoms with Crippen LogP contribution in [0.25, 0.3) is 11.0 Å². The van der Waals surface area contributed by atoms with Gasteiger partial charge in [-0.25, -0.2) is 4.79 Å². The first-order valence-electron chi connectivity index (χ1n) is 10.4. The molecule has 2 aliphatic heterocycles. The van der Waals surface area contributed by atoms with Crippen LogP contribution in [0.5, 0.6) is 5.75 Å². The molecule has 1 aromatic heterocycles. The van der Waals surface area contributed by atoms with Crippen molar-refractivity contribution in [1.82, 2.24) is 9.80 Å². The van der Waals surface area contributed by atoms with Crippen LogP contribution in [0.15, 0.2) is 21.3 Å². The average Bonchev–Trinajstić information content (AvgIpc) is 2.70. The highest BCUT2D eigenvalue weighted by Gasteiger charge is 2.23. The molecule has 4 rings (SSSR count). The van der Waals surface area contributed by atoms with Crippen LogP contribution in [-0.2, 0) is 17.7 Å². The molecule has 6 heteroatoms. The Morgan fingerprint density at radius 1 is 1.11 bits per heavy atom. The zero-order chi connectivity index (χ0) is 19.5. The van der Waals surface area contributed by atoms with E-state index in [9.17, 15) is 4.79 Å². The second kappa shape index (κ2) is 8.64. The van der Waals surface area contributed by atoms with E-state index in [1.165, 1.54) is 5.56 Å². The van der Waals surface area contributed by atoms with Crippen LogP contribution in [0.2, 0.25) is 0 Å². The first kappa shape index (κ1) is 19.4. The fourth-order valence-corrected chi connectivity index (χ4v) is 4.29. The Morgan fingerprint density at radius 2 is 1.89 bits per heavy atom. The molecule has 1 aromatic carbocycles. The third-order valence-electron chi connectivity index (χ3n) is 5.73. The summed E-state index contributed by atoms with van der Waals surface area (Å²) < 4.78 is 17.0. The summed E-state index contributed by atoms with van der Waals surface area (Å²) in [6, 6.07) is 3.81. The molecule has 2 aliphatic rings. The van der Waals surface area contributed by atoms with E-state index in [1.54, 1.807) is 6.07 Å². The van der Waals surface area contributed by atoms with Gasteiger partial charge in [-0.15, -0.1) is 0 Å². The maximum Gasteiger partial charge on any atom is 0.336 e. The van der Waals surface area contributed by atoms with Crippen molar-refractivity contribution in [2.24, 2.45) is 0 Å². The monoisotopic (exact) mass is 386 g/mol. The Balaban J connectivity index is 1.50. The quantitative estimate of drug-likeness (QED) is 0.712. The molecule has 1 fully saturated rings. The molecule has 0 atom stereocenters. The predicted molar refractivity (Wildman–Crippen MR) is 109 cm³/mol. The van der Waals surface area contributed by atoms with E-state index in [1.807, 2.05) is 6.92 Å². The lowest BCUT2D eigenvalue weighted by Crippen LogP contribution is -2.39. The highest BCUT2D eigenvalue weighted by Crippen LogP contribution is 2.35. The van der Waals surface area contributed by atoms with Crippen LogP contribution < -0.4 is 10.4 Å². The van der Waals surface area contributed by atoms with E-state index in [0.717, 1.165) is 87.5 Å². The molecule has 152 valence electrons. The van der Waals surface area contributed by atoms with Crippen LogP contribution in [0, 0.1) is 6.92 Å². The first-order valence-corrected chi connectivity index (χ1v) is 10.4. The Labute approximate surface area is 166 Å². The van der Waals surface area contributed by atoms with Crippen LogP contribution in [0.1, 0.15) is 36.5 Å². The molecule has 3 heterocycles. The number of nitrogens with zero attached hydrogens (tertiary/aromatic N) is 2. The van der Waals surface area contributed by atoms with Crippen molar-refractivity contribution in [2.45, 2.75) is 39.7 Å². The van der Waals surface area contributed by atoms with Gasteiger partial charge in [0.1, 0.15) is 18.1 Å². The second-order valence-corrected chi connectivity index (χ2v) is 7.84. The molecule has 0 amide bonds. The van der Waals surface area contributed by atoms with Crippen molar-refractivity contribution >= 4 is 11.0 Å². The first-order chi connectivity index (χ1) is 13.7. The van der Waals surface area contributed by atoms with Gasteiger partial charge in [0.2, 0.25) is 0 Å². The average molecular weight is 386 g/mol. The number of aryl methyl sites for hydroxylation is 2. The minimum Gasteiger partial charge on any atom is -0.477 e. The van der Waals surface area contributed by atoms with Gasteiger partial charge < -0.3 is 13.9 Å². The molecule has 0 saturated carbocycles. The van der Waals surface area contributed by atoms with Crippen molar-refractivity contribution in [3.8, 4) is 5.75 Å². The Kier molecular flexibility index (Phi) is 5.99. The summed E-state index contributed by atoms with van der Waals surface area (Å²) in [5.41, 5.74) is 3.60. The van der Waals surface area contributed by atoms with Crippen molar-refractivity contribution in [3.63, 3.8) is 0 Å². The van der Waals surface area contributed by atoms with E-state index in [4.69, 9.17) is 13.9 Å². The lowest BCUT2D eigenvalue weighted by molar-refractivity contribution is 0.0330. The zero-order valence-electron chi connectivity index (χ0n) is 17.0. The number of benzene rings is 1. The summed E-state index contributed by atoms with van der Waals surface area (Å²) in [7, 11) is 0. The fraction of sp³-hybridized carbons (Fsp3) is 0.591. The summed E-state index contributed by atoms with van der Waals surface area (Å²) in [5, 5.41) is 1.05. The van der Waals surface area contributed by atoms with Crippen molar-refractivity contribution in [1.29, 1.82) is 0 Å². The standard InChI is InChI=1S/C22H30N2O4/c1-3-5-17-13-20(25)28-22-16(2)21-18(12-19(17)22)14-24(15-27-21)7-4-6-23-8-10-26-11-9-23/h12-13H,3-11,14-15H2,1-2H3. The summed E-state index contributed by atoms with van der Waals surface area (Å²) in [6.07, 6.45) is 3.00. The van der Waals surface area contributed by atoms with Gasteiger partial charge >= 0.3 is 5.63 Å². The SMILES string of the molecule is CCCc1cc(=O)oc2c(C)c3c(cc12)CN(CCCN1CCOCC1)CO3. The molecule has 28 heavy (non-hydrogen) atoms. The number of fused-ring (bicyclic) bond motifs is 2. The highest BCUT2D eigenvalue weighted by molar-refractivity contribution is 5.86. The van der Waals surface area contributed by atoms with Gasteiger partial charge in [0, 0.05) is 48.8 Å². The lowest BCUT2D eigenvalue weighted by Gasteiger charge is -2.32. The van der Waals surface area contributed by atoms with E-state index >= 15 is 0 Å². The normalized spacial score (nSPS) is 18.2. The number of hydrogen-bond donors (Lipinski definition) is 0. The maximum absolute atomic E-state index is 12.0. The number of rotatable bonds is 6. The molecule has 1 saturated heterocycles. The molecule has 0 N–H and O–H groups in total.